The Morgan fingerprint density at radius 1 is 1.19 bits per heavy atom. The van der Waals surface area contributed by atoms with Gasteiger partial charge in [-0.1, -0.05) is 6.07 Å². The van der Waals surface area contributed by atoms with Crippen molar-refractivity contribution in [2.75, 3.05) is 12.4 Å². The Kier molecular flexibility index (Phi) is 4.67. The Morgan fingerprint density at radius 2 is 1.96 bits per heavy atom. The number of fused-ring (bicyclic) bond motifs is 1. The molecule has 134 valence electrons. The SMILES string of the molecule is COC(=O)c1ccc(C)c(NCc2cc(=O)oc3c(C)c(O)ccc23)c1. The predicted molar refractivity (Wildman–Crippen MR) is 98.7 cm³/mol. The summed E-state index contributed by atoms with van der Waals surface area (Å²) < 4.78 is 10.00. The van der Waals surface area contributed by atoms with Gasteiger partial charge in [0.2, 0.25) is 0 Å². The molecule has 1 heterocycles. The van der Waals surface area contributed by atoms with Crippen molar-refractivity contribution in [3.05, 3.63) is 69.1 Å². The number of phenols is 1. The van der Waals surface area contributed by atoms with Crippen molar-refractivity contribution < 1.29 is 19.1 Å². The van der Waals surface area contributed by atoms with Gasteiger partial charge in [0.15, 0.2) is 0 Å². The van der Waals surface area contributed by atoms with Gasteiger partial charge in [-0.05, 0) is 49.2 Å². The van der Waals surface area contributed by atoms with E-state index in [1.54, 1.807) is 31.2 Å². The van der Waals surface area contributed by atoms with Crippen LogP contribution in [0.5, 0.6) is 5.75 Å². The van der Waals surface area contributed by atoms with E-state index in [9.17, 15) is 14.7 Å². The molecule has 3 rings (SSSR count). The van der Waals surface area contributed by atoms with Crippen LogP contribution >= 0.6 is 0 Å². The van der Waals surface area contributed by atoms with Crippen LogP contribution in [0.2, 0.25) is 0 Å². The fourth-order valence-electron chi connectivity index (χ4n) is 2.81. The third-order valence-corrected chi connectivity index (χ3v) is 4.35. The molecule has 0 atom stereocenters. The summed E-state index contributed by atoms with van der Waals surface area (Å²) in [5.74, 6) is -0.336. The molecule has 2 aromatic carbocycles. The number of rotatable bonds is 4. The van der Waals surface area contributed by atoms with Gasteiger partial charge < -0.3 is 19.6 Å². The zero-order chi connectivity index (χ0) is 18.8. The van der Waals surface area contributed by atoms with Crippen LogP contribution in [0.15, 0.2) is 45.6 Å². The summed E-state index contributed by atoms with van der Waals surface area (Å²) in [5.41, 5.74) is 3.31. The second-order valence-electron chi connectivity index (χ2n) is 6.05. The van der Waals surface area contributed by atoms with Crippen molar-refractivity contribution in [3.63, 3.8) is 0 Å². The number of hydrogen-bond acceptors (Lipinski definition) is 6. The first-order valence-corrected chi connectivity index (χ1v) is 8.09. The first-order chi connectivity index (χ1) is 12.4. The lowest BCUT2D eigenvalue weighted by atomic mass is 10.1. The highest BCUT2D eigenvalue weighted by molar-refractivity contribution is 5.91. The van der Waals surface area contributed by atoms with Gasteiger partial charge in [-0.15, -0.1) is 0 Å². The van der Waals surface area contributed by atoms with Gasteiger partial charge in [0.05, 0.1) is 12.7 Å². The largest absolute Gasteiger partial charge is 0.508 e. The maximum absolute atomic E-state index is 11.9. The van der Waals surface area contributed by atoms with Crippen LogP contribution in [0.25, 0.3) is 11.0 Å². The Hall–Kier alpha value is -3.28. The third kappa shape index (κ3) is 3.26. The van der Waals surface area contributed by atoms with E-state index in [0.29, 0.717) is 23.3 Å². The standard InChI is InChI=1S/C20H19NO5/c1-11-4-5-13(20(24)25-3)8-16(11)21-10-14-9-18(23)26-19-12(2)17(22)7-6-15(14)19/h4-9,21-22H,10H2,1-3H3. The number of carbonyl (C=O) groups excluding carboxylic acids is 1. The van der Waals surface area contributed by atoms with Gasteiger partial charge in [0.1, 0.15) is 11.3 Å². The molecule has 0 saturated heterocycles. The van der Waals surface area contributed by atoms with E-state index in [0.717, 1.165) is 22.2 Å². The molecule has 0 amide bonds. The summed E-state index contributed by atoms with van der Waals surface area (Å²) in [4.78, 5) is 23.6. The number of ether oxygens (including phenoxy) is 1. The molecule has 0 spiro atoms. The van der Waals surface area contributed by atoms with Crippen molar-refractivity contribution in [1.29, 1.82) is 0 Å². The number of esters is 1. The molecule has 0 bridgehead atoms. The average molecular weight is 353 g/mol. The number of aryl methyl sites for hydroxylation is 2. The lowest BCUT2D eigenvalue weighted by Gasteiger charge is -2.13. The van der Waals surface area contributed by atoms with Gasteiger partial charge >= 0.3 is 11.6 Å². The van der Waals surface area contributed by atoms with E-state index in [-0.39, 0.29) is 5.75 Å². The first kappa shape index (κ1) is 17.5. The highest BCUT2D eigenvalue weighted by Crippen LogP contribution is 2.28. The zero-order valence-corrected chi connectivity index (χ0v) is 14.8. The summed E-state index contributed by atoms with van der Waals surface area (Å²) in [5, 5.41) is 13.8. The molecule has 1 aromatic heterocycles. The lowest BCUT2D eigenvalue weighted by molar-refractivity contribution is 0.0601. The Labute approximate surface area is 150 Å². The third-order valence-electron chi connectivity index (χ3n) is 4.35. The molecule has 26 heavy (non-hydrogen) atoms. The number of methoxy groups -OCH3 is 1. The van der Waals surface area contributed by atoms with Crippen molar-refractivity contribution in [1.82, 2.24) is 0 Å². The van der Waals surface area contributed by atoms with E-state index >= 15 is 0 Å². The molecular weight excluding hydrogens is 334 g/mol. The highest BCUT2D eigenvalue weighted by Gasteiger charge is 2.12. The molecule has 6 nitrogen and oxygen atoms in total. The summed E-state index contributed by atoms with van der Waals surface area (Å²) >= 11 is 0. The number of nitrogens with one attached hydrogen (secondary N) is 1. The molecule has 2 N–H and O–H groups in total. The smallest absolute Gasteiger partial charge is 0.337 e. The molecular formula is C20H19NO5. The van der Waals surface area contributed by atoms with Crippen molar-refractivity contribution in [2.45, 2.75) is 20.4 Å². The second kappa shape index (κ2) is 6.92. The van der Waals surface area contributed by atoms with Crippen LogP contribution in [0.3, 0.4) is 0 Å². The number of anilines is 1. The summed E-state index contributed by atoms with van der Waals surface area (Å²) in [6.45, 7) is 3.97. The molecule has 6 heteroatoms. The Bertz CT molecular complexity index is 1050. The summed E-state index contributed by atoms with van der Waals surface area (Å²) in [6, 6.07) is 9.95. The number of hydrogen-bond donors (Lipinski definition) is 2. The fourth-order valence-corrected chi connectivity index (χ4v) is 2.81. The van der Waals surface area contributed by atoms with E-state index in [1.165, 1.54) is 13.2 Å². The molecule has 0 aliphatic carbocycles. The van der Waals surface area contributed by atoms with Gasteiger partial charge in [-0.3, -0.25) is 0 Å². The lowest BCUT2D eigenvalue weighted by Crippen LogP contribution is -2.08. The monoisotopic (exact) mass is 353 g/mol. The molecule has 0 fully saturated rings. The van der Waals surface area contributed by atoms with E-state index in [2.05, 4.69) is 5.32 Å². The minimum Gasteiger partial charge on any atom is -0.508 e. The van der Waals surface area contributed by atoms with Crippen molar-refractivity contribution >= 4 is 22.6 Å². The highest BCUT2D eigenvalue weighted by atomic mass is 16.5. The van der Waals surface area contributed by atoms with Crippen LogP contribution in [0, 0.1) is 13.8 Å². The van der Waals surface area contributed by atoms with Crippen LogP contribution in [0.4, 0.5) is 5.69 Å². The van der Waals surface area contributed by atoms with Crippen molar-refractivity contribution in [3.8, 4) is 5.75 Å². The summed E-state index contributed by atoms with van der Waals surface area (Å²) in [6.07, 6.45) is 0. The Balaban J connectivity index is 1.97. The maximum atomic E-state index is 11.9. The van der Waals surface area contributed by atoms with Crippen LogP contribution in [-0.4, -0.2) is 18.2 Å². The fraction of sp³-hybridized carbons (Fsp3) is 0.200. The predicted octanol–water partition coefficient (Wildman–Crippen LogP) is 3.51. The molecule has 0 unspecified atom stereocenters. The minimum atomic E-state index is -0.483. The number of benzene rings is 2. The first-order valence-electron chi connectivity index (χ1n) is 8.09. The second-order valence-corrected chi connectivity index (χ2v) is 6.05. The van der Waals surface area contributed by atoms with E-state index in [4.69, 9.17) is 9.15 Å². The van der Waals surface area contributed by atoms with Crippen LogP contribution in [-0.2, 0) is 11.3 Å². The molecule has 0 saturated carbocycles. The van der Waals surface area contributed by atoms with Crippen LogP contribution in [0.1, 0.15) is 27.0 Å². The van der Waals surface area contributed by atoms with Gasteiger partial charge in [-0.25, -0.2) is 9.59 Å². The average Bonchev–Trinajstić information content (AvgIpc) is 2.63. The number of carbonyl (C=O) groups is 1. The Morgan fingerprint density at radius 3 is 2.69 bits per heavy atom. The molecule has 0 aliphatic rings. The normalized spacial score (nSPS) is 10.7. The van der Waals surface area contributed by atoms with Gasteiger partial charge in [0, 0.05) is 29.2 Å². The van der Waals surface area contributed by atoms with Gasteiger partial charge in [0.25, 0.3) is 0 Å². The number of aromatic hydroxyl groups is 1. The molecule has 0 aliphatic heterocycles. The minimum absolute atomic E-state index is 0.0763. The zero-order valence-electron chi connectivity index (χ0n) is 14.8. The van der Waals surface area contributed by atoms with Gasteiger partial charge in [-0.2, -0.15) is 0 Å². The molecule has 3 aromatic rings. The molecule has 0 radical (unpaired) electrons. The quantitative estimate of drug-likeness (QED) is 0.551. The topological polar surface area (TPSA) is 88.8 Å². The maximum Gasteiger partial charge on any atom is 0.337 e. The van der Waals surface area contributed by atoms with Crippen molar-refractivity contribution in [2.24, 2.45) is 0 Å². The number of phenolic OH excluding ortho intramolecular Hbond substituents is 1. The van der Waals surface area contributed by atoms with E-state index in [1.807, 2.05) is 13.0 Å². The van der Waals surface area contributed by atoms with Crippen LogP contribution < -0.4 is 10.9 Å². The summed E-state index contributed by atoms with van der Waals surface area (Å²) in [7, 11) is 1.34. The van der Waals surface area contributed by atoms with E-state index < -0.39 is 11.6 Å².